The highest BCUT2D eigenvalue weighted by atomic mass is 32.1. The van der Waals surface area contributed by atoms with E-state index in [4.69, 9.17) is 5.11 Å². The zero-order valence-corrected chi connectivity index (χ0v) is 9.55. The number of urea groups is 1. The van der Waals surface area contributed by atoms with Crippen LogP contribution in [0.1, 0.15) is 11.3 Å². The Morgan fingerprint density at radius 3 is 2.69 bits per heavy atom. The zero-order chi connectivity index (χ0) is 11.8. The van der Waals surface area contributed by atoms with Gasteiger partial charge in [-0.05, 0) is 17.9 Å². The van der Waals surface area contributed by atoms with Crippen LogP contribution in [0.4, 0.5) is 4.79 Å². The molecule has 0 spiro atoms. The van der Waals surface area contributed by atoms with Crippen molar-refractivity contribution >= 4 is 23.3 Å². The third kappa shape index (κ3) is 5.35. The first-order valence-electron chi connectivity index (χ1n) is 4.94. The average molecular weight is 242 g/mol. The van der Waals surface area contributed by atoms with Crippen molar-refractivity contribution in [2.24, 2.45) is 0 Å². The molecule has 0 saturated carbocycles. The number of nitrogens with one attached hydrogen (secondary N) is 2. The maximum atomic E-state index is 11.1. The van der Waals surface area contributed by atoms with Gasteiger partial charge in [0.05, 0.1) is 6.42 Å². The summed E-state index contributed by atoms with van der Waals surface area (Å²) in [6.45, 7) is 0.708. The van der Waals surface area contributed by atoms with Crippen LogP contribution >= 0.6 is 11.3 Å². The fraction of sp³-hybridized carbons (Fsp3) is 0.400. The number of amides is 2. The molecular weight excluding hydrogens is 228 g/mol. The van der Waals surface area contributed by atoms with Crippen LogP contribution in [-0.4, -0.2) is 30.2 Å². The molecule has 0 bridgehead atoms. The van der Waals surface area contributed by atoms with Crippen molar-refractivity contribution in [3.63, 3.8) is 0 Å². The summed E-state index contributed by atoms with van der Waals surface area (Å²) < 4.78 is 0. The van der Waals surface area contributed by atoms with Crippen molar-refractivity contribution in [2.45, 2.75) is 12.8 Å². The van der Waals surface area contributed by atoms with Gasteiger partial charge in [0.1, 0.15) is 0 Å². The van der Waals surface area contributed by atoms with Gasteiger partial charge in [0.15, 0.2) is 0 Å². The normalized spacial score (nSPS) is 9.75. The molecule has 0 aromatic carbocycles. The molecule has 0 atom stereocenters. The number of hydrogen-bond acceptors (Lipinski definition) is 3. The van der Waals surface area contributed by atoms with E-state index in [2.05, 4.69) is 10.6 Å². The third-order valence-electron chi connectivity index (χ3n) is 1.86. The predicted molar refractivity (Wildman–Crippen MR) is 61.7 cm³/mol. The summed E-state index contributed by atoms with van der Waals surface area (Å²) >= 11 is 1.65. The van der Waals surface area contributed by atoms with Gasteiger partial charge in [-0.25, -0.2) is 4.79 Å². The van der Waals surface area contributed by atoms with Gasteiger partial charge in [-0.2, -0.15) is 0 Å². The molecule has 2 amide bonds. The second kappa shape index (κ2) is 6.84. The van der Waals surface area contributed by atoms with Crippen LogP contribution in [0.25, 0.3) is 0 Å². The lowest BCUT2D eigenvalue weighted by molar-refractivity contribution is -0.136. The third-order valence-corrected chi connectivity index (χ3v) is 2.80. The SMILES string of the molecule is O=C(O)CCNC(=O)NCCc1cccs1. The summed E-state index contributed by atoms with van der Waals surface area (Å²) in [7, 11) is 0. The van der Waals surface area contributed by atoms with E-state index < -0.39 is 5.97 Å². The van der Waals surface area contributed by atoms with E-state index in [9.17, 15) is 9.59 Å². The summed E-state index contributed by atoms with van der Waals surface area (Å²) in [5.41, 5.74) is 0. The Hall–Kier alpha value is -1.56. The second-order valence-corrected chi connectivity index (χ2v) is 4.19. The molecule has 1 heterocycles. The second-order valence-electron chi connectivity index (χ2n) is 3.16. The summed E-state index contributed by atoms with van der Waals surface area (Å²) in [6, 6.07) is 3.65. The molecule has 0 radical (unpaired) electrons. The molecule has 1 aromatic rings. The van der Waals surface area contributed by atoms with Gasteiger partial charge in [0.25, 0.3) is 0 Å². The number of hydrogen-bond donors (Lipinski definition) is 3. The number of thiophene rings is 1. The van der Waals surface area contributed by atoms with Gasteiger partial charge in [-0.15, -0.1) is 11.3 Å². The Morgan fingerprint density at radius 1 is 1.31 bits per heavy atom. The number of carbonyl (C=O) groups excluding carboxylic acids is 1. The number of carboxylic acids is 1. The van der Waals surface area contributed by atoms with Gasteiger partial charge < -0.3 is 15.7 Å². The Balaban J connectivity index is 2.04. The molecular formula is C10H14N2O3S. The quantitative estimate of drug-likeness (QED) is 0.698. The minimum Gasteiger partial charge on any atom is -0.481 e. The standard InChI is InChI=1S/C10H14N2O3S/c13-9(14)4-6-12-10(15)11-5-3-8-2-1-7-16-8/h1-2,7H,3-6H2,(H,13,14)(H2,11,12,15). The fourth-order valence-electron chi connectivity index (χ4n) is 1.10. The molecule has 0 saturated heterocycles. The fourth-order valence-corrected chi connectivity index (χ4v) is 1.81. The largest absolute Gasteiger partial charge is 0.481 e. The Morgan fingerprint density at radius 2 is 2.06 bits per heavy atom. The molecule has 6 heteroatoms. The van der Waals surface area contributed by atoms with E-state index >= 15 is 0 Å². The number of carboxylic acid groups (broad SMARTS) is 1. The molecule has 0 aliphatic rings. The summed E-state index contributed by atoms with van der Waals surface area (Å²) in [4.78, 5) is 22.5. The van der Waals surface area contributed by atoms with Crippen molar-refractivity contribution in [3.8, 4) is 0 Å². The smallest absolute Gasteiger partial charge is 0.314 e. The Kier molecular flexibility index (Phi) is 5.35. The summed E-state index contributed by atoms with van der Waals surface area (Å²) in [5, 5.41) is 15.5. The lowest BCUT2D eigenvalue weighted by atomic mass is 10.3. The highest BCUT2D eigenvalue weighted by Crippen LogP contribution is 2.07. The summed E-state index contributed by atoms with van der Waals surface area (Å²) in [6.07, 6.45) is 0.738. The molecule has 5 nitrogen and oxygen atoms in total. The maximum absolute atomic E-state index is 11.1. The number of aliphatic carboxylic acids is 1. The molecule has 88 valence electrons. The van der Waals surface area contributed by atoms with E-state index in [0.29, 0.717) is 6.54 Å². The average Bonchev–Trinajstić information content (AvgIpc) is 2.70. The minimum absolute atomic E-state index is 0.0572. The van der Waals surface area contributed by atoms with E-state index in [1.54, 1.807) is 11.3 Å². The maximum Gasteiger partial charge on any atom is 0.314 e. The van der Waals surface area contributed by atoms with Crippen LogP contribution in [0.2, 0.25) is 0 Å². The number of rotatable bonds is 6. The number of carbonyl (C=O) groups is 2. The van der Waals surface area contributed by atoms with Crippen LogP contribution in [0, 0.1) is 0 Å². The molecule has 0 unspecified atom stereocenters. The molecule has 0 aliphatic heterocycles. The van der Waals surface area contributed by atoms with Crippen molar-refractivity contribution in [3.05, 3.63) is 22.4 Å². The van der Waals surface area contributed by atoms with E-state index in [0.717, 1.165) is 6.42 Å². The van der Waals surface area contributed by atoms with Gasteiger partial charge >= 0.3 is 12.0 Å². The van der Waals surface area contributed by atoms with E-state index in [-0.39, 0.29) is 19.0 Å². The van der Waals surface area contributed by atoms with Crippen molar-refractivity contribution in [1.29, 1.82) is 0 Å². The lowest BCUT2D eigenvalue weighted by Gasteiger charge is -2.05. The topological polar surface area (TPSA) is 78.4 Å². The Labute approximate surface area is 97.5 Å². The molecule has 0 fully saturated rings. The molecule has 1 rings (SSSR count). The van der Waals surface area contributed by atoms with Crippen LogP contribution in [0.15, 0.2) is 17.5 Å². The summed E-state index contributed by atoms with van der Waals surface area (Å²) in [5.74, 6) is -0.918. The van der Waals surface area contributed by atoms with Gasteiger partial charge in [0, 0.05) is 18.0 Å². The van der Waals surface area contributed by atoms with Gasteiger partial charge in [0.2, 0.25) is 0 Å². The van der Waals surface area contributed by atoms with Crippen molar-refractivity contribution < 1.29 is 14.7 Å². The molecule has 0 aliphatic carbocycles. The van der Waals surface area contributed by atoms with Gasteiger partial charge in [-0.3, -0.25) is 4.79 Å². The van der Waals surface area contributed by atoms with Crippen molar-refractivity contribution in [1.82, 2.24) is 10.6 Å². The van der Waals surface area contributed by atoms with Crippen LogP contribution in [0.3, 0.4) is 0 Å². The molecule has 1 aromatic heterocycles. The monoisotopic (exact) mass is 242 g/mol. The van der Waals surface area contributed by atoms with E-state index in [1.807, 2.05) is 17.5 Å². The first kappa shape index (κ1) is 12.5. The van der Waals surface area contributed by atoms with Crippen LogP contribution < -0.4 is 10.6 Å². The molecule has 16 heavy (non-hydrogen) atoms. The van der Waals surface area contributed by atoms with Gasteiger partial charge in [-0.1, -0.05) is 6.07 Å². The van der Waals surface area contributed by atoms with Crippen molar-refractivity contribution in [2.75, 3.05) is 13.1 Å². The Bertz CT molecular complexity index is 338. The zero-order valence-electron chi connectivity index (χ0n) is 8.73. The first-order valence-corrected chi connectivity index (χ1v) is 5.82. The highest BCUT2D eigenvalue weighted by Gasteiger charge is 2.01. The van der Waals surface area contributed by atoms with E-state index in [1.165, 1.54) is 4.88 Å². The first-order chi connectivity index (χ1) is 7.68. The predicted octanol–water partition coefficient (Wildman–Crippen LogP) is 1.06. The van der Waals surface area contributed by atoms with Crippen LogP contribution in [0.5, 0.6) is 0 Å². The lowest BCUT2D eigenvalue weighted by Crippen LogP contribution is -2.37. The molecule has 3 N–H and O–H groups in total. The highest BCUT2D eigenvalue weighted by molar-refractivity contribution is 7.09. The minimum atomic E-state index is -0.918. The van der Waals surface area contributed by atoms with Crippen LogP contribution in [-0.2, 0) is 11.2 Å².